The lowest BCUT2D eigenvalue weighted by atomic mass is 10.2. The van der Waals surface area contributed by atoms with Crippen molar-refractivity contribution >= 4 is 34.9 Å². The average molecular weight is 397 g/mol. The molecular formula is C20H17ClN4O3. The number of benzene rings is 1. The van der Waals surface area contributed by atoms with Crippen molar-refractivity contribution in [3.05, 3.63) is 82.9 Å². The van der Waals surface area contributed by atoms with E-state index in [-0.39, 0.29) is 5.91 Å². The van der Waals surface area contributed by atoms with Crippen LogP contribution in [0.2, 0.25) is 5.02 Å². The Hall–Kier alpha value is -3.45. The maximum Gasteiger partial charge on any atom is 0.337 e. The van der Waals surface area contributed by atoms with Crippen LogP contribution in [-0.4, -0.2) is 29.0 Å². The molecule has 2 N–H and O–H groups in total. The molecule has 1 aromatic carbocycles. The summed E-state index contributed by atoms with van der Waals surface area (Å²) in [6.07, 6.45) is 6.38. The zero-order chi connectivity index (χ0) is 19.9. The normalized spacial score (nSPS) is 10.2. The summed E-state index contributed by atoms with van der Waals surface area (Å²) in [6, 6.07) is 10.1. The third-order valence-corrected chi connectivity index (χ3v) is 4.17. The number of hydrogen-bond donors (Lipinski definition) is 2. The fraction of sp³-hybridized carbons (Fsp3) is 0.100. The molecule has 7 nitrogen and oxygen atoms in total. The van der Waals surface area contributed by atoms with E-state index in [1.54, 1.807) is 48.9 Å². The Kier molecular flexibility index (Phi) is 6.18. The van der Waals surface area contributed by atoms with Crippen molar-refractivity contribution in [1.82, 2.24) is 15.3 Å². The van der Waals surface area contributed by atoms with Gasteiger partial charge in [0.05, 0.1) is 40.8 Å². The third-order valence-electron chi connectivity index (χ3n) is 3.84. The van der Waals surface area contributed by atoms with Crippen LogP contribution in [0.5, 0.6) is 0 Å². The summed E-state index contributed by atoms with van der Waals surface area (Å²) in [5.41, 5.74) is 2.68. The van der Waals surface area contributed by atoms with Crippen molar-refractivity contribution in [2.24, 2.45) is 0 Å². The quantitative estimate of drug-likeness (QED) is 0.618. The number of carbonyl (C=O) groups excluding carboxylic acids is 2. The van der Waals surface area contributed by atoms with Crippen LogP contribution in [-0.2, 0) is 11.3 Å². The molecule has 28 heavy (non-hydrogen) atoms. The highest BCUT2D eigenvalue weighted by Crippen LogP contribution is 2.27. The second kappa shape index (κ2) is 8.96. The molecule has 3 aromatic rings. The molecule has 0 aliphatic heterocycles. The standard InChI is InChI=1S/C20H17ClN4O3/c1-28-20(27)14-4-5-17(21)18(8-14)25-16-7-15(11-23-12-16)19(26)24-10-13-3-2-6-22-9-13/h2-9,11-12,25H,10H2,1H3,(H,24,26). The Labute approximate surface area is 166 Å². The molecule has 142 valence electrons. The number of nitrogens with zero attached hydrogens (tertiary/aromatic N) is 2. The second-order valence-corrected chi connectivity index (χ2v) is 6.22. The third kappa shape index (κ3) is 4.83. The van der Waals surface area contributed by atoms with E-state index in [1.165, 1.54) is 13.3 Å². The molecule has 2 heterocycles. The predicted octanol–water partition coefficient (Wildman–Crippen LogP) is 3.59. The molecule has 0 bridgehead atoms. The molecule has 0 unspecified atom stereocenters. The summed E-state index contributed by atoms with van der Waals surface area (Å²) in [4.78, 5) is 32.2. The summed E-state index contributed by atoms with van der Waals surface area (Å²) in [7, 11) is 1.31. The molecule has 0 atom stereocenters. The number of amides is 1. The first-order chi connectivity index (χ1) is 13.6. The lowest BCUT2D eigenvalue weighted by Gasteiger charge is -2.11. The van der Waals surface area contributed by atoms with Crippen LogP contribution in [0.4, 0.5) is 11.4 Å². The van der Waals surface area contributed by atoms with Gasteiger partial charge >= 0.3 is 5.97 Å². The van der Waals surface area contributed by atoms with Crippen LogP contribution in [0, 0.1) is 0 Å². The molecule has 3 rings (SSSR count). The summed E-state index contributed by atoms with van der Waals surface area (Å²) in [5, 5.41) is 6.30. The van der Waals surface area contributed by atoms with Crippen LogP contribution in [0.15, 0.2) is 61.2 Å². The van der Waals surface area contributed by atoms with Gasteiger partial charge in [-0.25, -0.2) is 4.79 Å². The summed E-state index contributed by atoms with van der Waals surface area (Å²) < 4.78 is 4.72. The van der Waals surface area contributed by atoms with Crippen LogP contribution < -0.4 is 10.6 Å². The number of methoxy groups -OCH3 is 1. The van der Waals surface area contributed by atoms with E-state index in [9.17, 15) is 9.59 Å². The monoisotopic (exact) mass is 396 g/mol. The molecule has 0 fully saturated rings. The topological polar surface area (TPSA) is 93.2 Å². The molecule has 8 heteroatoms. The highest BCUT2D eigenvalue weighted by atomic mass is 35.5. The van der Waals surface area contributed by atoms with Gasteiger partial charge in [-0.1, -0.05) is 17.7 Å². The highest BCUT2D eigenvalue weighted by molar-refractivity contribution is 6.33. The maximum atomic E-state index is 12.4. The minimum atomic E-state index is -0.471. The van der Waals surface area contributed by atoms with Gasteiger partial charge in [-0.3, -0.25) is 14.8 Å². The minimum absolute atomic E-state index is 0.269. The molecule has 0 radical (unpaired) electrons. The van der Waals surface area contributed by atoms with Crippen molar-refractivity contribution < 1.29 is 14.3 Å². The Balaban J connectivity index is 1.73. The van der Waals surface area contributed by atoms with Gasteiger partial charge in [0.1, 0.15) is 0 Å². The van der Waals surface area contributed by atoms with Gasteiger partial charge in [0.15, 0.2) is 0 Å². The Morgan fingerprint density at radius 1 is 1.07 bits per heavy atom. The van der Waals surface area contributed by atoms with E-state index < -0.39 is 5.97 Å². The van der Waals surface area contributed by atoms with Gasteiger partial charge in [-0.2, -0.15) is 0 Å². The number of rotatable bonds is 6. The van der Waals surface area contributed by atoms with E-state index in [1.807, 2.05) is 6.07 Å². The largest absolute Gasteiger partial charge is 0.465 e. The zero-order valence-corrected chi connectivity index (χ0v) is 15.7. The number of ether oxygens (including phenoxy) is 1. The van der Waals surface area contributed by atoms with E-state index in [0.29, 0.717) is 34.1 Å². The Bertz CT molecular complexity index is 996. The number of halogens is 1. The smallest absolute Gasteiger partial charge is 0.337 e. The van der Waals surface area contributed by atoms with Crippen LogP contribution >= 0.6 is 11.6 Å². The van der Waals surface area contributed by atoms with E-state index in [2.05, 4.69) is 20.6 Å². The van der Waals surface area contributed by atoms with Gasteiger partial charge in [-0.05, 0) is 35.9 Å². The van der Waals surface area contributed by atoms with Crippen molar-refractivity contribution in [1.29, 1.82) is 0 Å². The minimum Gasteiger partial charge on any atom is -0.465 e. The van der Waals surface area contributed by atoms with Gasteiger partial charge in [0.2, 0.25) is 0 Å². The van der Waals surface area contributed by atoms with Crippen LogP contribution in [0.3, 0.4) is 0 Å². The van der Waals surface area contributed by atoms with Gasteiger partial charge in [-0.15, -0.1) is 0 Å². The van der Waals surface area contributed by atoms with E-state index in [4.69, 9.17) is 16.3 Å². The Morgan fingerprint density at radius 2 is 1.93 bits per heavy atom. The number of hydrogen-bond acceptors (Lipinski definition) is 6. The first-order valence-corrected chi connectivity index (χ1v) is 8.71. The first-order valence-electron chi connectivity index (χ1n) is 8.34. The number of esters is 1. The summed E-state index contributed by atoms with van der Waals surface area (Å²) in [6.45, 7) is 0.358. The fourth-order valence-electron chi connectivity index (χ4n) is 2.44. The molecule has 0 aliphatic rings. The van der Waals surface area contributed by atoms with Crippen molar-refractivity contribution in [3.8, 4) is 0 Å². The number of anilines is 2. The van der Waals surface area contributed by atoms with Crippen LogP contribution in [0.25, 0.3) is 0 Å². The second-order valence-electron chi connectivity index (χ2n) is 5.82. The lowest BCUT2D eigenvalue weighted by molar-refractivity contribution is 0.0600. The fourth-order valence-corrected chi connectivity index (χ4v) is 2.61. The van der Waals surface area contributed by atoms with Crippen LogP contribution in [0.1, 0.15) is 26.3 Å². The van der Waals surface area contributed by atoms with Crippen molar-refractivity contribution in [2.45, 2.75) is 6.54 Å². The first kappa shape index (κ1) is 19.3. The zero-order valence-electron chi connectivity index (χ0n) is 15.0. The predicted molar refractivity (Wildman–Crippen MR) is 106 cm³/mol. The number of nitrogens with one attached hydrogen (secondary N) is 2. The molecule has 0 spiro atoms. The molecular weight excluding hydrogens is 380 g/mol. The van der Waals surface area contributed by atoms with Gasteiger partial charge in [0.25, 0.3) is 5.91 Å². The molecule has 1 amide bonds. The van der Waals surface area contributed by atoms with E-state index >= 15 is 0 Å². The number of carbonyl (C=O) groups is 2. The average Bonchev–Trinajstić information content (AvgIpc) is 2.74. The molecule has 0 saturated heterocycles. The number of pyridine rings is 2. The number of aromatic nitrogens is 2. The molecule has 0 saturated carbocycles. The van der Waals surface area contributed by atoms with Crippen molar-refractivity contribution in [2.75, 3.05) is 12.4 Å². The van der Waals surface area contributed by atoms with E-state index in [0.717, 1.165) is 5.56 Å². The Morgan fingerprint density at radius 3 is 2.68 bits per heavy atom. The lowest BCUT2D eigenvalue weighted by Crippen LogP contribution is -2.23. The van der Waals surface area contributed by atoms with Gasteiger partial charge in [0, 0.05) is 25.1 Å². The summed E-state index contributed by atoms with van der Waals surface area (Å²) >= 11 is 6.19. The van der Waals surface area contributed by atoms with Crippen molar-refractivity contribution in [3.63, 3.8) is 0 Å². The van der Waals surface area contributed by atoms with Gasteiger partial charge < -0.3 is 15.4 Å². The SMILES string of the molecule is COC(=O)c1ccc(Cl)c(Nc2cncc(C(=O)NCc3cccnc3)c2)c1. The molecule has 2 aromatic heterocycles. The highest BCUT2D eigenvalue weighted by Gasteiger charge is 2.11. The summed E-state index contributed by atoms with van der Waals surface area (Å²) in [5.74, 6) is -0.740. The molecule has 0 aliphatic carbocycles. The maximum absolute atomic E-state index is 12.4.